The van der Waals surface area contributed by atoms with Crippen LogP contribution >= 0.6 is 11.3 Å². The van der Waals surface area contributed by atoms with Gasteiger partial charge in [0.2, 0.25) is 0 Å². The number of aliphatic imine (C=N–C) groups is 1. The highest BCUT2D eigenvalue weighted by atomic mass is 32.1. The molecular formula is C8H13N3S. The van der Waals surface area contributed by atoms with Crippen molar-refractivity contribution in [2.24, 2.45) is 4.99 Å². The van der Waals surface area contributed by atoms with Gasteiger partial charge in [0.25, 0.3) is 0 Å². The van der Waals surface area contributed by atoms with E-state index in [-0.39, 0.29) is 0 Å². The minimum Gasteiger partial charge on any atom is -0.368 e. The van der Waals surface area contributed by atoms with Gasteiger partial charge in [-0.15, -0.1) is 11.3 Å². The number of nitrogens with zero attached hydrogens (tertiary/aromatic N) is 2. The van der Waals surface area contributed by atoms with Gasteiger partial charge in [-0.25, -0.2) is 4.98 Å². The Morgan fingerprint density at radius 1 is 1.75 bits per heavy atom. The first-order valence-corrected chi connectivity index (χ1v) is 4.87. The van der Waals surface area contributed by atoms with Crippen LogP contribution in [-0.4, -0.2) is 24.4 Å². The molecule has 0 aromatic carbocycles. The van der Waals surface area contributed by atoms with Gasteiger partial charge in [-0.05, 0) is 6.42 Å². The molecule has 1 aromatic heterocycles. The fourth-order valence-electron chi connectivity index (χ4n) is 0.834. The minimum absolute atomic E-state index is 0.895. The lowest BCUT2D eigenvalue weighted by molar-refractivity contribution is 0.838. The summed E-state index contributed by atoms with van der Waals surface area (Å²) in [6, 6.07) is 0. The van der Waals surface area contributed by atoms with Crippen LogP contribution in [0.25, 0.3) is 0 Å². The highest BCUT2D eigenvalue weighted by molar-refractivity contribution is 7.11. The molecule has 0 aliphatic heterocycles. The van der Waals surface area contributed by atoms with Gasteiger partial charge in [-0.2, -0.15) is 0 Å². The van der Waals surface area contributed by atoms with Crippen molar-refractivity contribution in [1.29, 1.82) is 0 Å². The van der Waals surface area contributed by atoms with E-state index in [0.717, 1.165) is 23.8 Å². The molecular weight excluding hydrogens is 170 g/mol. The molecule has 0 aliphatic rings. The van der Waals surface area contributed by atoms with Gasteiger partial charge in [0.05, 0.1) is 0 Å². The maximum Gasteiger partial charge on any atom is 0.158 e. The number of amidine groups is 1. The molecule has 0 saturated heterocycles. The first-order valence-electron chi connectivity index (χ1n) is 3.99. The summed E-state index contributed by atoms with van der Waals surface area (Å²) in [5, 5.41) is 6.14. The minimum atomic E-state index is 0.895. The van der Waals surface area contributed by atoms with Gasteiger partial charge in [0.15, 0.2) is 10.8 Å². The summed E-state index contributed by atoms with van der Waals surface area (Å²) < 4.78 is 0. The molecule has 0 aliphatic carbocycles. The Morgan fingerprint density at radius 3 is 3.08 bits per heavy atom. The standard InChI is InChI=1S/C8H13N3S/c1-3-4-10-7(9-2)8-11-5-6-12-8/h5-6H,3-4H2,1-2H3,(H,9,10). The van der Waals surface area contributed by atoms with E-state index >= 15 is 0 Å². The summed E-state index contributed by atoms with van der Waals surface area (Å²) in [6.45, 7) is 3.08. The molecule has 1 N–H and O–H groups in total. The van der Waals surface area contributed by atoms with Crippen molar-refractivity contribution in [3.8, 4) is 0 Å². The predicted octanol–water partition coefficient (Wildman–Crippen LogP) is 1.52. The van der Waals surface area contributed by atoms with Gasteiger partial charge in [0, 0.05) is 25.2 Å². The zero-order valence-electron chi connectivity index (χ0n) is 7.37. The lowest BCUT2D eigenvalue weighted by atomic mass is 10.4. The van der Waals surface area contributed by atoms with Crippen LogP contribution in [0.1, 0.15) is 18.4 Å². The maximum atomic E-state index is 4.17. The molecule has 66 valence electrons. The molecule has 0 spiro atoms. The molecule has 0 radical (unpaired) electrons. The Hall–Kier alpha value is -0.900. The quantitative estimate of drug-likeness (QED) is 0.570. The molecule has 1 heterocycles. The number of thiazole rings is 1. The van der Waals surface area contributed by atoms with E-state index in [1.54, 1.807) is 24.6 Å². The second kappa shape index (κ2) is 4.87. The third-order valence-electron chi connectivity index (χ3n) is 1.40. The SMILES string of the molecule is CCCNC(=NC)c1nccs1. The summed E-state index contributed by atoms with van der Waals surface area (Å²) in [6.07, 6.45) is 2.89. The highest BCUT2D eigenvalue weighted by Gasteiger charge is 2.02. The molecule has 0 unspecified atom stereocenters. The molecule has 1 aromatic rings. The topological polar surface area (TPSA) is 37.3 Å². The van der Waals surface area contributed by atoms with Crippen LogP contribution in [0.3, 0.4) is 0 Å². The normalized spacial score (nSPS) is 11.7. The molecule has 4 heteroatoms. The zero-order chi connectivity index (χ0) is 8.81. The van der Waals surface area contributed by atoms with E-state index in [4.69, 9.17) is 0 Å². The second-order valence-electron chi connectivity index (χ2n) is 2.34. The van der Waals surface area contributed by atoms with Crippen LogP contribution in [-0.2, 0) is 0 Å². The summed E-state index contributed by atoms with van der Waals surface area (Å²) in [7, 11) is 1.78. The Labute approximate surface area is 76.6 Å². The van der Waals surface area contributed by atoms with Crippen molar-refractivity contribution in [1.82, 2.24) is 10.3 Å². The van der Waals surface area contributed by atoms with E-state index in [0.29, 0.717) is 0 Å². The number of nitrogens with one attached hydrogen (secondary N) is 1. The van der Waals surface area contributed by atoms with Gasteiger partial charge in [-0.3, -0.25) is 4.99 Å². The number of hydrogen-bond donors (Lipinski definition) is 1. The average Bonchev–Trinajstić information content (AvgIpc) is 2.59. The van der Waals surface area contributed by atoms with Crippen LogP contribution < -0.4 is 5.32 Å². The summed E-state index contributed by atoms with van der Waals surface area (Å²) in [4.78, 5) is 8.29. The second-order valence-corrected chi connectivity index (χ2v) is 3.23. The monoisotopic (exact) mass is 183 g/mol. The van der Waals surface area contributed by atoms with Crippen molar-refractivity contribution in [2.45, 2.75) is 13.3 Å². The largest absolute Gasteiger partial charge is 0.368 e. The van der Waals surface area contributed by atoms with Gasteiger partial charge in [-0.1, -0.05) is 6.92 Å². The van der Waals surface area contributed by atoms with E-state index in [2.05, 4.69) is 22.2 Å². The van der Waals surface area contributed by atoms with Gasteiger partial charge >= 0.3 is 0 Å². The smallest absolute Gasteiger partial charge is 0.158 e. The number of hydrogen-bond acceptors (Lipinski definition) is 3. The zero-order valence-corrected chi connectivity index (χ0v) is 8.19. The van der Waals surface area contributed by atoms with Crippen molar-refractivity contribution in [2.75, 3.05) is 13.6 Å². The number of rotatable bonds is 3. The van der Waals surface area contributed by atoms with Crippen molar-refractivity contribution in [3.05, 3.63) is 16.6 Å². The predicted molar refractivity (Wildman–Crippen MR) is 52.9 cm³/mol. The van der Waals surface area contributed by atoms with E-state index < -0.39 is 0 Å². The molecule has 0 saturated carbocycles. The van der Waals surface area contributed by atoms with Crippen molar-refractivity contribution >= 4 is 17.2 Å². The van der Waals surface area contributed by atoms with E-state index in [1.165, 1.54) is 0 Å². The molecule has 0 amide bonds. The Balaban J connectivity index is 2.59. The van der Waals surface area contributed by atoms with Crippen molar-refractivity contribution < 1.29 is 0 Å². The molecule has 0 fully saturated rings. The van der Waals surface area contributed by atoms with Crippen LogP contribution in [0.4, 0.5) is 0 Å². The Morgan fingerprint density at radius 2 is 2.58 bits per heavy atom. The Kier molecular flexibility index (Phi) is 3.73. The van der Waals surface area contributed by atoms with Gasteiger partial charge in [0.1, 0.15) is 0 Å². The molecule has 1 rings (SSSR count). The average molecular weight is 183 g/mol. The first-order chi connectivity index (χ1) is 5.88. The van der Waals surface area contributed by atoms with E-state index in [9.17, 15) is 0 Å². The van der Waals surface area contributed by atoms with Crippen LogP contribution in [0.5, 0.6) is 0 Å². The third kappa shape index (κ3) is 2.30. The maximum absolute atomic E-state index is 4.17. The molecule has 3 nitrogen and oxygen atoms in total. The summed E-state index contributed by atoms with van der Waals surface area (Å²) in [5.74, 6) is 0.895. The fourth-order valence-corrected chi connectivity index (χ4v) is 1.48. The van der Waals surface area contributed by atoms with Gasteiger partial charge < -0.3 is 5.32 Å². The summed E-state index contributed by atoms with van der Waals surface area (Å²) in [5.41, 5.74) is 0. The molecule has 0 bridgehead atoms. The first kappa shape index (κ1) is 9.19. The third-order valence-corrected chi connectivity index (χ3v) is 2.18. The van der Waals surface area contributed by atoms with Crippen LogP contribution in [0.2, 0.25) is 0 Å². The van der Waals surface area contributed by atoms with E-state index in [1.807, 2.05) is 5.38 Å². The fraction of sp³-hybridized carbons (Fsp3) is 0.500. The lowest BCUT2D eigenvalue weighted by Crippen LogP contribution is -2.24. The summed E-state index contributed by atoms with van der Waals surface area (Å²) >= 11 is 1.60. The molecule has 12 heavy (non-hydrogen) atoms. The van der Waals surface area contributed by atoms with Crippen molar-refractivity contribution in [3.63, 3.8) is 0 Å². The van der Waals surface area contributed by atoms with Crippen LogP contribution in [0, 0.1) is 0 Å². The Bertz CT molecular complexity index is 241. The highest BCUT2D eigenvalue weighted by Crippen LogP contribution is 2.03. The number of aromatic nitrogens is 1. The lowest BCUT2D eigenvalue weighted by Gasteiger charge is -2.03. The molecule has 0 atom stereocenters. The van der Waals surface area contributed by atoms with Crippen LogP contribution in [0.15, 0.2) is 16.6 Å².